The van der Waals surface area contributed by atoms with Gasteiger partial charge in [-0.25, -0.2) is 0 Å². The van der Waals surface area contributed by atoms with Gasteiger partial charge in [-0.1, -0.05) is 54.3 Å². The van der Waals surface area contributed by atoms with Crippen molar-refractivity contribution in [2.45, 2.75) is 13.3 Å². The van der Waals surface area contributed by atoms with Crippen LogP contribution in [0.25, 0.3) is 10.8 Å². The number of anilines is 1. The van der Waals surface area contributed by atoms with E-state index >= 15 is 0 Å². The number of carbonyl (C=O) groups excluding carboxylic acids is 1. The lowest BCUT2D eigenvalue weighted by molar-refractivity contribution is -0.117. The first-order valence-corrected chi connectivity index (χ1v) is 7.36. The number of benzene rings is 2. The highest BCUT2D eigenvalue weighted by Gasteiger charge is 2.06. The first kappa shape index (κ1) is 15.7. The lowest BCUT2D eigenvalue weighted by Gasteiger charge is -2.23. The van der Waals surface area contributed by atoms with Crippen molar-refractivity contribution in [3.05, 3.63) is 54.6 Å². The molecular weight excluding hydrogens is 272 g/mol. The van der Waals surface area contributed by atoms with Gasteiger partial charge in [-0.2, -0.15) is 0 Å². The second-order valence-corrected chi connectivity index (χ2v) is 4.90. The van der Waals surface area contributed by atoms with E-state index in [9.17, 15) is 4.79 Å². The molecule has 0 aliphatic rings. The Morgan fingerprint density at radius 3 is 2.77 bits per heavy atom. The monoisotopic (exact) mass is 292 g/mol. The van der Waals surface area contributed by atoms with Crippen LogP contribution in [0.5, 0.6) is 0 Å². The van der Waals surface area contributed by atoms with Crippen LogP contribution < -0.4 is 10.6 Å². The van der Waals surface area contributed by atoms with Crippen LogP contribution in [0.4, 0.5) is 5.69 Å². The lowest BCUT2D eigenvalue weighted by Crippen LogP contribution is -2.22. The first-order chi connectivity index (χ1) is 10.7. The minimum Gasteiger partial charge on any atom is -0.369 e. The van der Waals surface area contributed by atoms with E-state index in [-0.39, 0.29) is 6.42 Å². The molecule has 2 rings (SSSR count). The molecule has 2 aromatic carbocycles. The fraction of sp³-hybridized carbons (Fsp3) is 0.211. The molecule has 0 spiro atoms. The smallest absolute Gasteiger partial charge is 0.229 e. The quantitative estimate of drug-likeness (QED) is 0.861. The minimum atomic E-state index is -0.396. The van der Waals surface area contributed by atoms with E-state index in [1.54, 1.807) is 6.08 Å². The highest BCUT2D eigenvalue weighted by Crippen LogP contribution is 2.26. The van der Waals surface area contributed by atoms with Crippen LogP contribution >= 0.6 is 0 Å². The Morgan fingerprint density at radius 2 is 2.00 bits per heavy atom. The predicted octanol–water partition coefficient (Wildman–Crippen LogP) is 3.10. The number of likely N-dealkylation sites (N-methyl/N-ethyl adjacent to an activating group) is 1. The van der Waals surface area contributed by atoms with E-state index in [0.717, 1.165) is 13.1 Å². The normalized spacial score (nSPS) is 10.4. The maximum atomic E-state index is 10.6. The van der Waals surface area contributed by atoms with Gasteiger partial charge in [0.1, 0.15) is 0 Å². The highest BCUT2D eigenvalue weighted by atomic mass is 16.1. The summed E-state index contributed by atoms with van der Waals surface area (Å²) >= 11 is 0. The zero-order valence-electron chi connectivity index (χ0n) is 12.8. The third kappa shape index (κ3) is 4.13. The summed E-state index contributed by atoms with van der Waals surface area (Å²) in [7, 11) is 0. The number of nitrogens with two attached hydrogens (primary N) is 1. The molecule has 2 N–H and O–H groups in total. The van der Waals surface area contributed by atoms with Crippen molar-refractivity contribution in [1.29, 1.82) is 0 Å². The van der Waals surface area contributed by atoms with Crippen molar-refractivity contribution < 1.29 is 4.79 Å². The average molecular weight is 292 g/mol. The van der Waals surface area contributed by atoms with Gasteiger partial charge in [0.15, 0.2) is 0 Å². The van der Waals surface area contributed by atoms with E-state index in [4.69, 9.17) is 5.73 Å². The van der Waals surface area contributed by atoms with Crippen molar-refractivity contribution in [2.75, 3.05) is 18.0 Å². The number of amides is 1. The van der Waals surface area contributed by atoms with E-state index in [0.29, 0.717) is 0 Å². The fourth-order valence-electron chi connectivity index (χ4n) is 2.32. The zero-order chi connectivity index (χ0) is 15.8. The molecule has 0 atom stereocenters. The topological polar surface area (TPSA) is 46.3 Å². The van der Waals surface area contributed by atoms with Gasteiger partial charge in [0.25, 0.3) is 0 Å². The van der Waals surface area contributed by atoms with Crippen LogP contribution in [-0.4, -0.2) is 19.0 Å². The molecule has 3 nitrogen and oxygen atoms in total. The molecule has 1 amide bonds. The predicted molar refractivity (Wildman–Crippen MR) is 92.6 cm³/mol. The van der Waals surface area contributed by atoms with E-state index in [1.165, 1.54) is 16.5 Å². The van der Waals surface area contributed by atoms with E-state index in [1.807, 2.05) is 6.08 Å². The maximum Gasteiger partial charge on any atom is 0.229 e. The van der Waals surface area contributed by atoms with Gasteiger partial charge < -0.3 is 10.6 Å². The van der Waals surface area contributed by atoms with E-state index in [2.05, 4.69) is 66.1 Å². The molecule has 0 aromatic heterocycles. The van der Waals surface area contributed by atoms with Gasteiger partial charge in [0, 0.05) is 24.2 Å². The van der Waals surface area contributed by atoms with Crippen LogP contribution in [0, 0.1) is 11.8 Å². The van der Waals surface area contributed by atoms with Gasteiger partial charge >= 0.3 is 0 Å². The molecule has 0 bridgehead atoms. The summed E-state index contributed by atoms with van der Waals surface area (Å²) in [5.41, 5.74) is 6.25. The van der Waals surface area contributed by atoms with Gasteiger partial charge in [-0.15, -0.1) is 0 Å². The molecule has 112 valence electrons. The van der Waals surface area contributed by atoms with Crippen molar-refractivity contribution in [2.24, 2.45) is 5.73 Å². The molecule has 0 aliphatic heterocycles. The zero-order valence-corrected chi connectivity index (χ0v) is 12.8. The molecule has 0 unspecified atom stereocenters. The van der Waals surface area contributed by atoms with Gasteiger partial charge in [0.05, 0.1) is 6.42 Å². The summed E-state index contributed by atoms with van der Waals surface area (Å²) in [6, 6.07) is 14.7. The number of hydrogen-bond donors (Lipinski definition) is 1. The summed E-state index contributed by atoms with van der Waals surface area (Å²) in [6.45, 7) is 3.82. The third-order valence-electron chi connectivity index (χ3n) is 3.38. The van der Waals surface area contributed by atoms with Crippen LogP contribution in [0.3, 0.4) is 0 Å². The first-order valence-electron chi connectivity index (χ1n) is 7.36. The number of allylic oxidation sites excluding steroid dienone is 1. The van der Waals surface area contributed by atoms with Crippen LogP contribution in [-0.2, 0) is 4.79 Å². The Morgan fingerprint density at radius 1 is 1.23 bits per heavy atom. The largest absolute Gasteiger partial charge is 0.369 e. The number of nitrogens with zero attached hydrogens (tertiary/aromatic N) is 1. The number of carbonyl (C=O) groups is 1. The van der Waals surface area contributed by atoms with E-state index < -0.39 is 5.91 Å². The lowest BCUT2D eigenvalue weighted by atomic mass is 10.1. The molecule has 22 heavy (non-hydrogen) atoms. The molecule has 0 radical (unpaired) electrons. The van der Waals surface area contributed by atoms with Crippen LogP contribution in [0.1, 0.15) is 13.3 Å². The molecule has 0 saturated heterocycles. The van der Waals surface area contributed by atoms with Crippen molar-refractivity contribution in [3.8, 4) is 11.8 Å². The maximum absolute atomic E-state index is 10.6. The molecule has 0 aliphatic carbocycles. The SMILES string of the molecule is CCN(CC=CC#CCC(N)=O)c1cccc2ccccc12. The standard InChI is InChI=1S/C19H20N2O/c1-2-21(15-8-4-3-5-14-19(20)22)18-13-9-11-16-10-6-7-12-17(16)18/h4,6-13H,2,14-15H2,1H3,(H2,20,22). The average Bonchev–Trinajstić information content (AvgIpc) is 2.54. The number of primary amides is 1. The summed E-state index contributed by atoms with van der Waals surface area (Å²) in [6.07, 6.45) is 3.88. The van der Waals surface area contributed by atoms with Gasteiger partial charge in [-0.3, -0.25) is 4.79 Å². The molecule has 0 saturated carbocycles. The number of rotatable bonds is 5. The summed E-state index contributed by atoms with van der Waals surface area (Å²) in [4.78, 5) is 12.9. The van der Waals surface area contributed by atoms with Crippen LogP contribution in [0.2, 0.25) is 0 Å². The highest BCUT2D eigenvalue weighted by molar-refractivity contribution is 5.94. The fourth-order valence-corrected chi connectivity index (χ4v) is 2.32. The Labute approximate surface area is 131 Å². The second-order valence-electron chi connectivity index (χ2n) is 4.90. The van der Waals surface area contributed by atoms with Crippen molar-refractivity contribution in [1.82, 2.24) is 0 Å². The van der Waals surface area contributed by atoms with Gasteiger partial charge in [0.2, 0.25) is 5.91 Å². The molecule has 0 fully saturated rings. The third-order valence-corrected chi connectivity index (χ3v) is 3.38. The van der Waals surface area contributed by atoms with Crippen molar-refractivity contribution in [3.63, 3.8) is 0 Å². The number of fused-ring (bicyclic) bond motifs is 1. The van der Waals surface area contributed by atoms with Crippen LogP contribution in [0.15, 0.2) is 54.6 Å². The molecular formula is C19H20N2O. The van der Waals surface area contributed by atoms with Gasteiger partial charge in [-0.05, 0) is 24.5 Å². The summed E-state index contributed by atoms with van der Waals surface area (Å²) in [5, 5.41) is 2.49. The number of hydrogen-bond acceptors (Lipinski definition) is 2. The minimum absolute atomic E-state index is 0.102. The molecule has 2 aromatic rings. The Hall–Kier alpha value is -2.73. The van der Waals surface area contributed by atoms with Crippen molar-refractivity contribution >= 4 is 22.4 Å². The Bertz CT molecular complexity index is 732. The molecule has 0 heterocycles. The second kappa shape index (κ2) is 7.90. The molecule has 3 heteroatoms. The Kier molecular flexibility index (Phi) is 5.62. The summed E-state index contributed by atoms with van der Waals surface area (Å²) in [5.74, 6) is 5.15. The Balaban J connectivity index is 2.12. The summed E-state index contributed by atoms with van der Waals surface area (Å²) < 4.78 is 0.